The molecule has 0 spiro atoms. The molecular weight excluding hydrogens is 498 g/mol. The number of rotatable bonds is 6. The Morgan fingerprint density at radius 3 is 2.57 bits per heavy atom. The molecule has 0 saturated heterocycles. The summed E-state index contributed by atoms with van der Waals surface area (Å²) in [6, 6.07) is 20.7. The molecule has 0 amide bonds. The summed E-state index contributed by atoms with van der Waals surface area (Å²) in [6.45, 7) is 13.8. The highest BCUT2D eigenvalue weighted by Crippen LogP contribution is 2.42. The van der Waals surface area contributed by atoms with Crippen molar-refractivity contribution in [2.75, 3.05) is 0 Å². The van der Waals surface area contributed by atoms with Crippen LogP contribution in [0.5, 0.6) is 0 Å². The number of hydrogen-bond donors (Lipinski definition) is 0. The van der Waals surface area contributed by atoms with Gasteiger partial charge in [-0.1, -0.05) is 41.6 Å². The van der Waals surface area contributed by atoms with Gasteiger partial charge in [-0.15, -0.1) is 27.8 Å². The molecule has 1 aliphatic heterocycles. The number of nitrogens with zero attached hydrogens (tertiary/aromatic N) is 5. The molecule has 182 valence electrons. The molecule has 5 rings (SSSR count). The molecule has 1 aromatic carbocycles. The van der Waals surface area contributed by atoms with Gasteiger partial charge in [0.05, 0.1) is 35.8 Å². The second kappa shape index (κ2) is 10.0. The molecule has 0 saturated carbocycles. The highest BCUT2D eigenvalue weighted by atomic mass is 32.1. The van der Waals surface area contributed by atoms with Gasteiger partial charge in [0, 0.05) is 20.2 Å². The Kier molecular flexibility index (Phi) is 6.62. The SMILES string of the molecule is [C-]#[N+]C1=C(/C=C/c2ccc(-c3ccc(-c4cn(Cc5ccccc5)nn4)s3)s2)C(C)(C)O/C1=C(\C)C#N. The Morgan fingerprint density at radius 2 is 1.81 bits per heavy atom. The molecule has 0 atom stereocenters. The van der Waals surface area contributed by atoms with Crippen molar-refractivity contribution in [3.8, 4) is 26.4 Å². The number of ether oxygens (including phenoxy) is 1. The molecule has 0 unspecified atom stereocenters. The van der Waals surface area contributed by atoms with Gasteiger partial charge in [-0.05, 0) is 56.7 Å². The fraction of sp³-hybridized carbons (Fsp3) is 0.172. The van der Waals surface area contributed by atoms with Crippen molar-refractivity contribution in [3.63, 3.8) is 0 Å². The molecule has 8 heteroatoms. The van der Waals surface area contributed by atoms with E-state index in [4.69, 9.17) is 11.3 Å². The molecule has 0 radical (unpaired) electrons. The zero-order valence-corrected chi connectivity index (χ0v) is 22.2. The average Bonchev–Trinajstić information content (AvgIpc) is 3.68. The van der Waals surface area contributed by atoms with Crippen LogP contribution in [0.15, 0.2) is 89.5 Å². The van der Waals surface area contributed by atoms with Crippen molar-refractivity contribution in [2.45, 2.75) is 32.9 Å². The van der Waals surface area contributed by atoms with Gasteiger partial charge in [0.15, 0.2) is 0 Å². The summed E-state index contributed by atoms with van der Waals surface area (Å²) in [4.78, 5) is 8.14. The third kappa shape index (κ3) is 5.03. The lowest BCUT2D eigenvalue weighted by atomic mass is 9.97. The first-order valence-corrected chi connectivity index (χ1v) is 13.3. The molecule has 4 aromatic rings. The van der Waals surface area contributed by atoms with Crippen molar-refractivity contribution in [2.24, 2.45) is 0 Å². The van der Waals surface area contributed by atoms with Crippen molar-refractivity contribution >= 4 is 28.7 Å². The van der Waals surface area contributed by atoms with E-state index in [1.165, 1.54) is 5.56 Å². The molecule has 3 aromatic heterocycles. The zero-order chi connectivity index (χ0) is 26.0. The Labute approximate surface area is 223 Å². The normalized spacial score (nSPS) is 16.0. The average molecular weight is 522 g/mol. The summed E-state index contributed by atoms with van der Waals surface area (Å²) >= 11 is 3.37. The summed E-state index contributed by atoms with van der Waals surface area (Å²) in [6.07, 6.45) is 5.93. The van der Waals surface area contributed by atoms with Crippen LogP contribution in [-0.4, -0.2) is 20.6 Å². The zero-order valence-electron chi connectivity index (χ0n) is 20.6. The van der Waals surface area contributed by atoms with E-state index in [1.807, 2.05) is 55.1 Å². The molecule has 0 fully saturated rings. The largest absolute Gasteiger partial charge is 0.494 e. The predicted molar refractivity (Wildman–Crippen MR) is 148 cm³/mol. The van der Waals surface area contributed by atoms with E-state index in [2.05, 4.69) is 57.6 Å². The van der Waals surface area contributed by atoms with Crippen molar-refractivity contribution < 1.29 is 4.74 Å². The van der Waals surface area contributed by atoms with Gasteiger partial charge in [0.25, 0.3) is 0 Å². The second-order valence-electron chi connectivity index (χ2n) is 9.04. The van der Waals surface area contributed by atoms with E-state index in [1.54, 1.807) is 29.6 Å². The molecule has 4 heterocycles. The van der Waals surface area contributed by atoms with Crippen LogP contribution in [0.4, 0.5) is 0 Å². The smallest absolute Gasteiger partial charge is 0.236 e. The first-order chi connectivity index (χ1) is 17.9. The summed E-state index contributed by atoms with van der Waals surface area (Å²) in [5, 5.41) is 17.9. The van der Waals surface area contributed by atoms with Gasteiger partial charge in [0.2, 0.25) is 5.70 Å². The molecular formula is C29H23N5OS2. The maximum absolute atomic E-state index is 9.28. The van der Waals surface area contributed by atoms with Crippen LogP contribution in [0, 0.1) is 17.9 Å². The van der Waals surface area contributed by atoms with E-state index >= 15 is 0 Å². The van der Waals surface area contributed by atoms with Crippen molar-refractivity contribution in [1.82, 2.24) is 15.0 Å². The fourth-order valence-corrected chi connectivity index (χ4v) is 6.03. The third-order valence-corrected chi connectivity index (χ3v) is 8.32. The van der Waals surface area contributed by atoms with Crippen molar-refractivity contribution in [3.05, 3.63) is 111 Å². The minimum Gasteiger partial charge on any atom is -0.494 e. The first kappa shape index (κ1) is 24.5. The van der Waals surface area contributed by atoms with E-state index < -0.39 is 5.60 Å². The molecule has 6 nitrogen and oxygen atoms in total. The van der Waals surface area contributed by atoms with Gasteiger partial charge in [-0.3, -0.25) is 0 Å². The Morgan fingerprint density at radius 1 is 1.08 bits per heavy atom. The van der Waals surface area contributed by atoms with Crippen LogP contribution < -0.4 is 0 Å². The number of thiophene rings is 2. The Hall–Kier alpha value is -4.24. The number of benzene rings is 1. The van der Waals surface area contributed by atoms with E-state index in [9.17, 15) is 5.26 Å². The standard InChI is InChI=1S/C29H23N5OS2/c1-19(16-30)28-27(31-4)22(29(2,3)35-28)12-10-21-11-13-25(36-21)26-15-14-24(37-26)23-18-34(33-32-23)17-20-8-6-5-7-9-20/h5-15,18H,17H2,1-3H3/b12-10+,28-19+. The topological polar surface area (TPSA) is 68.1 Å². The highest BCUT2D eigenvalue weighted by Gasteiger charge is 2.37. The lowest BCUT2D eigenvalue weighted by Gasteiger charge is -2.21. The van der Waals surface area contributed by atoms with E-state index in [0.717, 1.165) is 30.8 Å². The lowest BCUT2D eigenvalue weighted by Crippen LogP contribution is -2.20. The van der Waals surface area contributed by atoms with Gasteiger partial charge < -0.3 is 4.74 Å². The van der Waals surface area contributed by atoms with Crippen LogP contribution in [0.1, 0.15) is 31.2 Å². The third-order valence-electron chi connectivity index (χ3n) is 5.96. The van der Waals surface area contributed by atoms with Crippen LogP contribution in [0.2, 0.25) is 0 Å². The predicted octanol–water partition coefficient (Wildman–Crippen LogP) is 7.58. The fourth-order valence-electron chi connectivity index (χ4n) is 4.07. The highest BCUT2D eigenvalue weighted by molar-refractivity contribution is 7.24. The van der Waals surface area contributed by atoms with Crippen LogP contribution in [-0.2, 0) is 11.3 Å². The van der Waals surface area contributed by atoms with Gasteiger partial charge in [-0.25, -0.2) is 9.53 Å². The Bertz CT molecular complexity index is 1630. The molecule has 1 aliphatic rings. The van der Waals surface area contributed by atoms with Gasteiger partial charge >= 0.3 is 0 Å². The second-order valence-corrected chi connectivity index (χ2v) is 11.2. The summed E-state index contributed by atoms with van der Waals surface area (Å²) in [5.41, 5.74) is 2.96. The monoisotopic (exact) mass is 521 g/mol. The van der Waals surface area contributed by atoms with Crippen LogP contribution >= 0.6 is 22.7 Å². The number of allylic oxidation sites excluding steroid dienone is 1. The molecule has 0 aliphatic carbocycles. The first-order valence-electron chi connectivity index (χ1n) is 11.6. The maximum atomic E-state index is 9.28. The minimum atomic E-state index is -0.676. The van der Waals surface area contributed by atoms with E-state index in [-0.39, 0.29) is 0 Å². The lowest BCUT2D eigenvalue weighted by molar-refractivity contribution is 0.0948. The van der Waals surface area contributed by atoms with Gasteiger partial charge in [-0.2, -0.15) is 5.26 Å². The number of hydrogen-bond acceptors (Lipinski definition) is 6. The number of nitriles is 1. The summed E-state index contributed by atoms with van der Waals surface area (Å²) in [7, 11) is 0. The minimum absolute atomic E-state index is 0.376. The quantitative estimate of drug-likeness (QED) is 0.194. The molecule has 37 heavy (non-hydrogen) atoms. The van der Waals surface area contributed by atoms with E-state index in [0.29, 0.717) is 23.6 Å². The van der Waals surface area contributed by atoms with Crippen LogP contribution in [0.25, 0.3) is 31.2 Å². The Balaban J connectivity index is 1.34. The van der Waals surface area contributed by atoms with Crippen LogP contribution in [0.3, 0.4) is 0 Å². The summed E-state index contributed by atoms with van der Waals surface area (Å²) < 4.78 is 7.83. The maximum Gasteiger partial charge on any atom is 0.236 e. The molecule has 0 bridgehead atoms. The van der Waals surface area contributed by atoms with Gasteiger partial charge in [0.1, 0.15) is 17.1 Å². The van der Waals surface area contributed by atoms with Crippen molar-refractivity contribution in [1.29, 1.82) is 5.26 Å². The molecule has 0 N–H and O–H groups in total. The number of aromatic nitrogens is 3. The summed E-state index contributed by atoms with van der Waals surface area (Å²) in [5.74, 6) is 0.376.